The number of rotatable bonds is 4. The first-order valence-electron chi connectivity index (χ1n) is 6.78. The molecule has 0 aliphatic heterocycles. The van der Waals surface area contributed by atoms with Crippen molar-refractivity contribution in [3.63, 3.8) is 0 Å². The molecule has 1 aliphatic rings. The second-order valence-electron chi connectivity index (χ2n) is 5.40. The van der Waals surface area contributed by atoms with E-state index in [1.807, 2.05) is 0 Å². The Balaban J connectivity index is 1.94. The Morgan fingerprint density at radius 2 is 1.95 bits per heavy atom. The Kier molecular flexibility index (Phi) is 3.11. The normalized spacial score (nSPS) is 14.9. The number of aromatic nitrogens is 3. The predicted octanol–water partition coefficient (Wildman–Crippen LogP) is 2.31. The van der Waals surface area contributed by atoms with E-state index in [9.17, 15) is 5.11 Å². The van der Waals surface area contributed by atoms with Crippen molar-refractivity contribution in [1.29, 1.82) is 0 Å². The fourth-order valence-corrected chi connectivity index (χ4v) is 2.50. The molecule has 0 spiro atoms. The Hall–Kier alpha value is -1.68. The van der Waals surface area contributed by atoms with Crippen molar-refractivity contribution in [3.8, 4) is 0 Å². The van der Waals surface area contributed by atoms with Crippen LogP contribution in [0.4, 0.5) is 0 Å². The first-order chi connectivity index (χ1) is 9.19. The average molecular weight is 257 g/mol. The number of hydrogen-bond acceptors (Lipinski definition) is 3. The van der Waals surface area contributed by atoms with Gasteiger partial charge in [0.15, 0.2) is 5.82 Å². The van der Waals surface area contributed by atoms with Crippen molar-refractivity contribution in [2.75, 3.05) is 0 Å². The van der Waals surface area contributed by atoms with E-state index in [1.54, 1.807) is 0 Å². The summed E-state index contributed by atoms with van der Waals surface area (Å²) in [5.74, 6) is 1.67. The molecule has 1 N–H and O–H groups in total. The molecule has 0 bridgehead atoms. The smallest absolute Gasteiger partial charge is 0.159 e. The van der Waals surface area contributed by atoms with Crippen molar-refractivity contribution in [1.82, 2.24) is 14.8 Å². The van der Waals surface area contributed by atoms with Crippen LogP contribution in [0.1, 0.15) is 47.2 Å². The summed E-state index contributed by atoms with van der Waals surface area (Å²) in [5, 5.41) is 17.7. The Bertz CT molecular complexity index is 599. The van der Waals surface area contributed by atoms with Gasteiger partial charge in [-0.1, -0.05) is 23.8 Å². The maximum atomic E-state index is 9.35. The van der Waals surface area contributed by atoms with E-state index in [4.69, 9.17) is 0 Å². The molecular formula is C15H19N3O. The second kappa shape index (κ2) is 4.78. The number of aliphatic hydroxyl groups is 1. The van der Waals surface area contributed by atoms with Gasteiger partial charge in [0.05, 0.1) is 0 Å². The lowest BCUT2D eigenvalue weighted by molar-refractivity contribution is 0.264. The molecular weight excluding hydrogens is 238 g/mol. The summed E-state index contributed by atoms with van der Waals surface area (Å²) in [5.41, 5.74) is 3.83. The molecule has 1 aromatic carbocycles. The summed E-state index contributed by atoms with van der Waals surface area (Å²) in [7, 11) is 0. The van der Waals surface area contributed by atoms with Crippen LogP contribution in [0.2, 0.25) is 0 Å². The van der Waals surface area contributed by atoms with Crippen LogP contribution in [-0.2, 0) is 13.0 Å². The third-order valence-electron chi connectivity index (χ3n) is 3.74. The van der Waals surface area contributed by atoms with Crippen molar-refractivity contribution in [2.45, 2.75) is 45.8 Å². The van der Waals surface area contributed by atoms with E-state index in [0.717, 1.165) is 12.2 Å². The minimum absolute atomic E-state index is 0.0314. The standard InChI is InChI=1S/C15H19N3O/c1-10-3-4-11(2)12(7-10)8-14-16-17-15(9-19)18(14)13-5-6-13/h3-4,7,13,19H,5-6,8-9H2,1-2H3. The lowest BCUT2D eigenvalue weighted by atomic mass is 10.0. The monoisotopic (exact) mass is 257 g/mol. The highest BCUT2D eigenvalue weighted by Crippen LogP contribution is 2.37. The highest BCUT2D eigenvalue weighted by molar-refractivity contribution is 5.32. The summed E-state index contributed by atoms with van der Waals surface area (Å²) >= 11 is 0. The molecule has 0 amide bonds. The fourth-order valence-electron chi connectivity index (χ4n) is 2.50. The highest BCUT2D eigenvalue weighted by Gasteiger charge is 2.29. The molecule has 0 unspecified atom stereocenters. The Morgan fingerprint density at radius 3 is 2.63 bits per heavy atom. The number of hydrogen-bond donors (Lipinski definition) is 1. The molecule has 1 heterocycles. The van der Waals surface area contributed by atoms with Gasteiger partial charge in [0.25, 0.3) is 0 Å². The van der Waals surface area contributed by atoms with Crippen LogP contribution in [0.5, 0.6) is 0 Å². The van der Waals surface area contributed by atoms with E-state index in [2.05, 4.69) is 46.8 Å². The van der Waals surface area contributed by atoms with Crippen molar-refractivity contribution in [2.24, 2.45) is 0 Å². The van der Waals surface area contributed by atoms with Gasteiger partial charge in [0, 0.05) is 12.5 Å². The van der Waals surface area contributed by atoms with Gasteiger partial charge in [-0.3, -0.25) is 0 Å². The molecule has 3 rings (SSSR count). The molecule has 0 atom stereocenters. The Morgan fingerprint density at radius 1 is 1.21 bits per heavy atom. The SMILES string of the molecule is Cc1ccc(C)c(Cc2nnc(CO)n2C2CC2)c1. The third kappa shape index (κ3) is 2.40. The zero-order chi connectivity index (χ0) is 13.4. The number of aryl methyl sites for hydroxylation is 2. The second-order valence-corrected chi connectivity index (χ2v) is 5.40. The van der Waals surface area contributed by atoms with Gasteiger partial charge in [-0.25, -0.2) is 0 Å². The predicted molar refractivity (Wildman–Crippen MR) is 72.9 cm³/mol. The van der Waals surface area contributed by atoms with Crippen molar-refractivity contribution in [3.05, 3.63) is 46.5 Å². The highest BCUT2D eigenvalue weighted by atomic mass is 16.3. The maximum absolute atomic E-state index is 9.35. The summed E-state index contributed by atoms with van der Waals surface area (Å²) in [4.78, 5) is 0. The number of nitrogens with zero attached hydrogens (tertiary/aromatic N) is 3. The van der Waals surface area contributed by atoms with E-state index in [0.29, 0.717) is 11.9 Å². The van der Waals surface area contributed by atoms with Crippen LogP contribution in [0.3, 0.4) is 0 Å². The largest absolute Gasteiger partial charge is 0.388 e. The maximum Gasteiger partial charge on any atom is 0.159 e. The zero-order valence-corrected chi connectivity index (χ0v) is 11.4. The molecule has 4 nitrogen and oxygen atoms in total. The van der Waals surface area contributed by atoms with E-state index in [1.165, 1.54) is 29.5 Å². The van der Waals surface area contributed by atoms with Gasteiger partial charge in [0.1, 0.15) is 12.4 Å². The van der Waals surface area contributed by atoms with Crippen LogP contribution in [0.15, 0.2) is 18.2 Å². The molecule has 2 aromatic rings. The zero-order valence-electron chi connectivity index (χ0n) is 11.4. The van der Waals surface area contributed by atoms with Crippen LogP contribution >= 0.6 is 0 Å². The Labute approximate surface area is 113 Å². The van der Waals surface area contributed by atoms with Gasteiger partial charge < -0.3 is 9.67 Å². The molecule has 100 valence electrons. The molecule has 19 heavy (non-hydrogen) atoms. The van der Waals surface area contributed by atoms with Crippen LogP contribution in [-0.4, -0.2) is 19.9 Å². The summed E-state index contributed by atoms with van der Waals surface area (Å²) in [6, 6.07) is 6.98. The molecule has 1 aromatic heterocycles. The number of aliphatic hydroxyl groups excluding tert-OH is 1. The average Bonchev–Trinajstić information content (AvgIpc) is 3.15. The lowest BCUT2D eigenvalue weighted by Gasteiger charge is -2.10. The summed E-state index contributed by atoms with van der Waals surface area (Å²) in [6.45, 7) is 4.20. The van der Waals surface area contributed by atoms with Gasteiger partial charge >= 0.3 is 0 Å². The minimum atomic E-state index is -0.0314. The van der Waals surface area contributed by atoms with Crippen molar-refractivity contribution >= 4 is 0 Å². The minimum Gasteiger partial charge on any atom is -0.388 e. The molecule has 0 saturated heterocycles. The van der Waals surface area contributed by atoms with Crippen LogP contribution in [0, 0.1) is 13.8 Å². The summed E-state index contributed by atoms with van der Waals surface area (Å²) < 4.78 is 2.13. The molecule has 1 aliphatic carbocycles. The summed E-state index contributed by atoms with van der Waals surface area (Å²) in [6.07, 6.45) is 3.13. The first kappa shape index (κ1) is 12.4. The van der Waals surface area contributed by atoms with Crippen LogP contribution in [0.25, 0.3) is 0 Å². The van der Waals surface area contributed by atoms with E-state index >= 15 is 0 Å². The molecule has 1 fully saturated rings. The molecule has 4 heteroatoms. The van der Waals surface area contributed by atoms with Gasteiger partial charge in [0.2, 0.25) is 0 Å². The first-order valence-corrected chi connectivity index (χ1v) is 6.78. The third-order valence-corrected chi connectivity index (χ3v) is 3.74. The van der Waals surface area contributed by atoms with Gasteiger partial charge in [-0.15, -0.1) is 10.2 Å². The lowest BCUT2D eigenvalue weighted by Crippen LogP contribution is -2.07. The topological polar surface area (TPSA) is 50.9 Å². The van der Waals surface area contributed by atoms with E-state index < -0.39 is 0 Å². The number of benzene rings is 1. The van der Waals surface area contributed by atoms with Crippen molar-refractivity contribution < 1.29 is 5.11 Å². The van der Waals surface area contributed by atoms with E-state index in [-0.39, 0.29) is 6.61 Å². The molecule has 1 saturated carbocycles. The quantitative estimate of drug-likeness (QED) is 0.914. The van der Waals surface area contributed by atoms with Gasteiger partial charge in [-0.2, -0.15) is 0 Å². The fraction of sp³-hybridized carbons (Fsp3) is 0.467. The van der Waals surface area contributed by atoms with Crippen LogP contribution < -0.4 is 0 Å². The molecule has 0 radical (unpaired) electrons. The van der Waals surface area contributed by atoms with Gasteiger partial charge in [-0.05, 0) is 37.8 Å².